The standard InChI is InChI=1S/C25H28N2O4/c1-30-20-12-11-19(17-21(20)31-2)22-23(26-14-7-4-8-15-26)25(29)27(24(22)28)16-13-18-9-5-3-6-10-18/h3,5-6,9-12,17H,4,7-8,13-16H2,1-2H3. The monoisotopic (exact) mass is 420 g/mol. The Kier molecular flexibility index (Phi) is 6.26. The van der Waals surface area contributed by atoms with Gasteiger partial charge in [0.1, 0.15) is 5.70 Å². The van der Waals surface area contributed by atoms with Crippen molar-refractivity contribution in [3.63, 3.8) is 0 Å². The lowest BCUT2D eigenvalue weighted by Crippen LogP contribution is -2.38. The summed E-state index contributed by atoms with van der Waals surface area (Å²) in [4.78, 5) is 30.4. The average molecular weight is 421 g/mol. The molecule has 0 bridgehead atoms. The van der Waals surface area contributed by atoms with E-state index in [2.05, 4.69) is 4.90 Å². The van der Waals surface area contributed by atoms with E-state index in [1.54, 1.807) is 26.4 Å². The molecule has 31 heavy (non-hydrogen) atoms. The molecule has 2 aliphatic rings. The van der Waals surface area contributed by atoms with Gasteiger partial charge in [-0.1, -0.05) is 36.4 Å². The summed E-state index contributed by atoms with van der Waals surface area (Å²) in [5.41, 5.74) is 2.76. The smallest absolute Gasteiger partial charge is 0.277 e. The molecule has 0 aliphatic carbocycles. The van der Waals surface area contributed by atoms with E-state index in [0.29, 0.717) is 41.3 Å². The molecule has 0 spiro atoms. The molecule has 1 saturated heterocycles. The van der Waals surface area contributed by atoms with Gasteiger partial charge in [-0.15, -0.1) is 0 Å². The summed E-state index contributed by atoms with van der Waals surface area (Å²) in [7, 11) is 3.14. The zero-order valence-corrected chi connectivity index (χ0v) is 18.1. The van der Waals surface area contributed by atoms with Gasteiger partial charge in [-0.25, -0.2) is 0 Å². The maximum atomic E-state index is 13.5. The lowest BCUT2D eigenvalue weighted by molar-refractivity contribution is -0.137. The van der Waals surface area contributed by atoms with Gasteiger partial charge in [-0.2, -0.15) is 0 Å². The molecule has 2 amide bonds. The third kappa shape index (κ3) is 4.15. The molecule has 2 aliphatic heterocycles. The molecule has 2 aromatic rings. The van der Waals surface area contributed by atoms with E-state index in [9.17, 15) is 9.59 Å². The Balaban J connectivity index is 1.70. The van der Waals surface area contributed by atoms with E-state index in [-0.39, 0.29) is 11.8 Å². The van der Waals surface area contributed by atoms with E-state index in [4.69, 9.17) is 9.47 Å². The number of rotatable bonds is 7. The highest BCUT2D eigenvalue weighted by atomic mass is 16.5. The highest BCUT2D eigenvalue weighted by molar-refractivity contribution is 6.35. The van der Waals surface area contributed by atoms with Crippen molar-refractivity contribution >= 4 is 17.4 Å². The van der Waals surface area contributed by atoms with Crippen LogP contribution in [-0.4, -0.2) is 55.5 Å². The number of amides is 2. The van der Waals surface area contributed by atoms with Crippen molar-refractivity contribution in [2.75, 3.05) is 33.9 Å². The van der Waals surface area contributed by atoms with E-state index in [1.165, 1.54) is 4.90 Å². The highest BCUT2D eigenvalue weighted by Crippen LogP contribution is 2.37. The molecule has 6 nitrogen and oxygen atoms in total. The number of ether oxygens (including phenoxy) is 2. The minimum atomic E-state index is -0.242. The SMILES string of the molecule is COc1ccc(C2=C(N3CCCCC3)C(=O)N(CCc3ccccc3)C2=O)cc1OC. The van der Waals surface area contributed by atoms with E-state index < -0.39 is 0 Å². The molecule has 0 aromatic heterocycles. The molecule has 162 valence electrons. The predicted molar refractivity (Wildman–Crippen MR) is 119 cm³/mol. The largest absolute Gasteiger partial charge is 0.493 e. The predicted octanol–water partition coefficient (Wildman–Crippen LogP) is 3.51. The number of carbonyl (C=O) groups is 2. The zero-order chi connectivity index (χ0) is 21.8. The molecule has 2 heterocycles. The Labute approximate surface area is 183 Å². The van der Waals surface area contributed by atoms with Crippen molar-refractivity contribution in [3.8, 4) is 11.5 Å². The van der Waals surface area contributed by atoms with Gasteiger partial charge in [-0.05, 0) is 48.9 Å². The number of nitrogens with zero attached hydrogens (tertiary/aromatic N) is 2. The molecule has 4 rings (SSSR count). The Hall–Kier alpha value is -3.28. The van der Waals surface area contributed by atoms with Crippen LogP contribution in [0.15, 0.2) is 54.2 Å². The van der Waals surface area contributed by atoms with Gasteiger partial charge in [0, 0.05) is 19.6 Å². The van der Waals surface area contributed by atoms with Crippen molar-refractivity contribution in [2.24, 2.45) is 0 Å². The Morgan fingerprint density at radius 3 is 2.23 bits per heavy atom. The van der Waals surface area contributed by atoms with Crippen LogP contribution in [-0.2, 0) is 16.0 Å². The van der Waals surface area contributed by atoms with Gasteiger partial charge >= 0.3 is 0 Å². The number of hydrogen-bond acceptors (Lipinski definition) is 5. The second kappa shape index (κ2) is 9.25. The van der Waals surface area contributed by atoms with Crippen LogP contribution in [0.3, 0.4) is 0 Å². The normalized spacial score (nSPS) is 16.8. The van der Waals surface area contributed by atoms with Crippen molar-refractivity contribution in [1.29, 1.82) is 0 Å². The van der Waals surface area contributed by atoms with Crippen molar-refractivity contribution in [1.82, 2.24) is 9.80 Å². The van der Waals surface area contributed by atoms with Crippen LogP contribution in [0, 0.1) is 0 Å². The third-order valence-corrected chi connectivity index (χ3v) is 5.95. The summed E-state index contributed by atoms with van der Waals surface area (Å²) in [6, 6.07) is 15.3. The van der Waals surface area contributed by atoms with Gasteiger partial charge < -0.3 is 14.4 Å². The van der Waals surface area contributed by atoms with Gasteiger partial charge in [0.2, 0.25) is 0 Å². The van der Waals surface area contributed by atoms with Crippen molar-refractivity contribution in [3.05, 3.63) is 65.4 Å². The summed E-state index contributed by atoms with van der Waals surface area (Å²) in [6.45, 7) is 1.94. The van der Waals surface area contributed by atoms with E-state index >= 15 is 0 Å². The third-order valence-electron chi connectivity index (χ3n) is 5.95. The topological polar surface area (TPSA) is 59.1 Å². The Bertz CT molecular complexity index is 994. The lowest BCUT2D eigenvalue weighted by atomic mass is 10.0. The van der Waals surface area contributed by atoms with Crippen LogP contribution in [0.25, 0.3) is 5.57 Å². The molecular weight excluding hydrogens is 392 g/mol. The fourth-order valence-corrected chi connectivity index (χ4v) is 4.31. The van der Waals surface area contributed by atoms with Gasteiger partial charge in [0.15, 0.2) is 11.5 Å². The number of methoxy groups -OCH3 is 2. The molecule has 2 aromatic carbocycles. The first kappa shape index (κ1) is 21.0. The molecular formula is C25H28N2O4. The number of carbonyl (C=O) groups excluding carboxylic acids is 2. The molecule has 0 unspecified atom stereocenters. The summed E-state index contributed by atoms with van der Waals surface area (Å²) in [6.07, 6.45) is 3.82. The number of imide groups is 1. The molecule has 0 radical (unpaired) electrons. The quantitative estimate of drug-likeness (QED) is 0.642. The van der Waals surface area contributed by atoms with E-state index in [0.717, 1.165) is 37.9 Å². The van der Waals surface area contributed by atoms with Gasteiger partial charge in [0.05, 0.1) is 19.8 Å². The second-order valence-corrected chi connectivity index (χ2v) is 7.84. The highest BCUT2D eigenvalue weighted by Gasteiger charge is 2.41. The fraction of sp³-hybridized carbons (Fsp3) is 0.360. The first-order chi connectivity index (χ1) is 15.1. The summed E-state index contributed by atoms with van der Waals surface area (Å²) in [5.74, 6) is 0.680. The van der Waals surface area contributed by atoms with Gasteiger partial charge in [0.25, 0.3) is 11.8 Å². The Morgan fingerprint density at radius 1 is 0.839 bits per heavy atom. The maximum Gasteiger partial charge on any atom is 0.277 e. The van der Waals surface area contributed by atoms with Crippen LogP contribution in [0.4, 0.5) is 0 Å². The van der Waals surface area contributed by atoms with E-state index in [1.807, 2.05) is 36.4 Å². The van der Waals surface area contributed by atoms with Crippen molar-refractivity contribution < 1.29 is 19.1 Å². The first-order valence-electron chi connectivity index (χ1n) is 10.8. The summed E-state index contributed by atoms with van der Waals surface area (Å²) in [5, 5.41) is 0. The van der Waals surface area contributed by atoms with Gasteiger partial charge in [-0.3, -0.25) is 14.5 Å². The summed E-state index contributed by atoms with van der Waals surface area (Å²) < 4.78 is 10.8. The van der Waals surface area contributed by atoms with Crippen LogP contribution in [0.2, 0.25) is 0 Å². The average Bonchev–Trinajstić information content (AvgIpc) is 3.07. The molecule has 0 N–H and O–H groups in total. The molecule has 1 fully saturated rings. The number of hydrogen-bond donors (Lipinski definition) is 0. The number of piperidine rings is 1. The Morgan fingerprint density at radius 2 is 1.55 bits per heavy atom. The maximum absolute atomic E-state index is 13.5. The first-order valence-corrected chi connectivity index (χ1v) is 10.8. The minimum absolute atomic E-state index is 0.201. The zero-order valence-electron chi connectivity index (χ0n) is 18.1. The number of benzene rings is 2. The van der Waals surface area contributed by atoms with Crippen molar-refractivity contribution in [2.45, 2.75) is 25.7 Å². The minimum Gasteiger partial charge on any atom is -0.493 e. The van der Waals surface area contributed by atoms with Crippen LogP contribution in [0.1, 0.15) is 30.4 Å². The number of likely N-dealkylation sites (tertiary alicyclic amines) is 1. The lowest BCUT2D eigenvalue weighted by Gasteiger charge is -2.29. The summed E-state index contributed by atoms with van der Waals surface area (Å²) >= 11 is 0. The molecule has 0 atom stereocenters. The molecule has 0 saturated carbocycles. The van der Waals surface area contributed by atoms with Crippen LogP contribution >= 0.6 is 0 Å². The second-order valence-electron chi connectivity index (χ2n) is 7.84. The fourth-order valence-electron chi connectivity index (χ4n) is 4.31. The van der Waals surface area contributed by atoms with Crippen LogP contribution < -0.4 is 9.47 Å². The van der Waals surface area contributed by atoms with Crippen LogP contribution in [0.5, 0.6) is 11.5 Å². The molecule has 6 heteroatoms.